The lowest BCUT2D eigenvalue weighted by atomic mass is 10.1. The predicted octanol–water partition coefficient (Wildman–Crippen LogP) is 5.21. The fraction of sp³-hybridized carbons (Fsp3) is 0.0741. The number of fused-ring (bicyclic) bond motifs is 2. The molecule has 0 aliphatic rings. The lowest BCUT2D eigenvalue weighted by molar-refractivity contribution is -0.139. The minimum atomic E-state index is -4.04. The van der Waals surface area contributed by atoms with E-state index in [1.807, 2.05) is 30.3 Å². The molecule has 5 rings (SSSR count). The van der Waals surface area contributed by atoms with Crippen LogP contribution >= 0.6 is 0 Å². The van der Waals surface area contributed by atoms with E-state index in [1.165, 1.54) is 17.6 Å². The molecule has 0 atom stereocenters. The summed E-state index contributed by atoms with van der Waals surface area (Å²) in [6.45, 7) is 1.48. The Hall–Kier alpha value is -4.50. The van der Waals surface area contributed by atoms with Crippen molar-refractivity contribution in [2.45, 2.75) is 11.8 Å². The number of carbonyl (C=O) groups is 1. The predicted molar refractivity (Wildman–Crippen MR) is 139 cm³/mol. The zero-order chi connectivity index (χ0) is 25.1. The number of aromatic nitrogens is 3. The first-order valence-electron chi connectivity index (χ1n) is 11.2. The standard InChI is InChI=1S/C27H22N4O4S/c1-19(32)35-15-5-6-20-9-11-26-24(16-20)27(30-18-29-26)31(36(33,34)23-7-3-2-4-8-23)22-10-12-25-21(17-22)13-14-28-25/h2-14,16-18,28H,15H2,1H3. The largest absolute Gasteiger partial charge is 0.462 e. The average Bonchev–Trinajstić information content (AvgIpc) is 3.35. The highest BCUT2D eigenvalue weighted by Gasteiger charge is 2.29. The van der Waals surface area contributed by atoms with Crippen LogP contribution < -0.4 is 4.31 Å². The van der Waals surface area contributed by atoms with Crippen molar-refractivity contribution < 1.29 is 17.9 Å². The van der Waals surface area contributed by atoms with Gasteiger partial charge in [-0.05, 0) is 60.2 Å². The number of carbonyl (C=O) groups excluding carboxylic acids is 1. The van der Waals surface area contributed by atoms with Crippen LogP contribution in [0, 0.1) is 0 Å². The molecule has 5 aromatic rings. The van der Waals surface area contributed by atoms with Gasteiger partial charge in [0.25, 0.3) is 10.0 Å². The summed E-state index contributed by atoms with van der Waals surface area (Å²) < 4.78 is 34.2. The maximum absolute atomic E-state index is 14.0. The van der Waals surface area contributed by atoms with Crippen LogP contribution in [0.5, 0.6) is 0 Å². The molecule has 0 fully saturated rings. The van der Waals surface area contributed by atoms with E-state index in [1.54, 1.807) is 60.8 Å². The number of aromatic amines is 1. The summed E-state index contributed by atoms with van der Waals surface area (Å²) in [6.07, 6.45) is 6.67. The highest BCUT2D eigenvalue weighted by atomic mass is 32.2. The lowest BCUT2D eigenvalue weighted by Gasteiger charge is -2.25. The van der Waals surface area contributed by atoms with Crippen molar-refractivity contribution in [2.24, 2.45) is 0 Å². The molecule has 0 unspecified atom stereocenters. The molecular weight excluding hydrogens is 476 g/mol. The number of H-pyrrole nitrogens is 1. The first-order chi connectivity index (χ1) is 17.4. The van der Waals surface area contributed by atoms with E-state index < -0.39 is 10.0 Å². The molecule has 2 aromatic heterocycles. The van der Waals surface area contributed by atoms with Crippen LogP contribution in [0.4, 0.5) is 11.5 Å². The van der Waals surface area contributed by atoms with Gasteiger partial charge in [-0.15, -0.1) is 0 Å². The van der Waals surface area contributed by atoms with E-state index in [2.05, 4.69) is 15.0 Å². The first kappa shape index (κ1) is 23.3. The van der Waals surface area contributed by atoms with Crippen molar-refractivity contribution in [3.63, 3.8) is 0 Å². The number of esters is 1. The van der Waals surface area contributed by atoms with Crippen molar-refractivity contribution >= 4 is 55.4 Å². The van der Waals surface area contributed by atoms with Gasteiger partial charge in [-0.1, -0.05) is 30.3 Å². The normalized spacial score (nSPS) is 11.8. The monoisotopic (exact) mass is 498 g/mol. The highest BCUT2D eigenvalue weighted by Crippen LogP contribution is 2.36. The van der Waals surface area contributed by atoms with Gasteiger partial charge in [-0.3, -0.25) is 4.79 Å². The Morgan fingerprint density at radius 1 is 1.03 bits per heavy atom. The molecule has 2 heterocycles. The third-order valence-corrected chi connectivity index (χ3v) is 7.31. The summed E-state index contributed by atoms with van der Waals surface area (Å²) >= 11 is 0. The van der Waals surface area contributed by atoms with E-state index in [4.69, 9.17) is 4.74 Å². The molecule has 0 amide bonds. The molecule has 0 bridgehead atoms. The molecule has 0 saturated carbocycles. The van der Waals surface area contributed by atoms with Crippen molar-refractivity contribution in [1.29, 1.82) is 0 Å². The fourth-order valence-corrected chi connectivity index (χ4v) is 5.39. The average molecular weight is 499 g/mol. The number of nitrogens with one attached hydrogen (secondary N) is 1. The van der Waals surface area contributed by atoms with E-state index in [0.717, 1.165) is 16.5 Å². The second-order valence-electron chi connectivity index (χ2n) is 8.01. The Bertz CT molecular complexity index is 1700. The second-order valence-corrected chi connectivity index (χ2v) is 9.80. The first-order valence-corrected chi connectivity index (χ1v) is 12.6. The van der Waals surface area contributed by atoms with Crippen LogP contribution in [-0.2, 0) is 19.6 Å². The Morgan fingerprint density at radius 3 is 2.67 bits per heavy atom. The molecule has 9 heteroatoms. The van der Waals surface area contributed by atoms with Crippen molar-refractivity contribution in [3.05, 3.63) is 97.0 Å². The third kappa shape index (κ3) is 4.56. The molecule has 36 heavy (non-hydrogen) atoms. The van der Waals surface area contributed by atoms with Gasteiger partial charge in [0.05, 0.1) is 16.1 Å². The molecular formula is C27H22N4O4S. The van der Waals surface area contributed by atoms with Crippen molar-refractivity contribution in [1.82, 2.24) is 15.0 Å². The minimum Gasteiger partial charge on any atom is -0.462 e. The second kappa shape index (κ2) is 9.63. The summed E-state index contributed by atoms with van der Waals surface area (Å²) in [5.74, 6) is -0.135. The summed E-state index contributed by atoms with van der Waals surface area (Å²) in [4.78, 5) is 23.1. The van der Waals surface area contributed by atoms with Crippen LogP contribution in [0.3, 0.4) is 0 Å². The maximum Gasteiger partial charge on any atom is 0.302 e. The molecule has 0 aliphatic carbocycles. The Labute approximate surface area is 207 Å². The highest BCUT2D eigenvalue weighted by molar-refractivity contribution is 7.93. The SMILES string of the molecule is CC(=O)OCC=Cc1ccc2ncnc(N(c3ccc4[nH]ccc4c3)S(=O)(=O)c3ccccc3)c2c1. The van der Waals surface area contributed by atoms with Crippen molar-refractivity contribution in [2.75, 3.05) is 10.9 Å². The van der Waals surface area contributed by atoms with Crippen LogP contribution in [0.25, 0.3) is 27.9 Å². The molecule has 0 radical (unpaired) electrons. The topological polar surface area (TPSA) is 105 Å². The zero-order valence-electron chi connectivity index (χ0n) is 19.3. The van der Waals surface area contributed by atoms with Gasteiger partial charge in [-0.2, -0.15) is 0 Å². The van der Waals surface area contributed by atoms with E-state index in [9.17, 15) is 13.2 Å². The van der Waals surface area contributed by atoms with Gasteiger partial charge in [0.15, 0.2) is 5.82 Å². The lowest BCUT2D eigenvalue weighted by Crippen LogP contribution is -2.27. The molecule has 0 spiro atoms. The number of sulfonamides is 1. The van der Waals surface area contributed by atoms with Gasteiger partial charge in [0.1, 0.15) is 12.9 Å². The van der Waals surface area contributed by atoms with Crippen molar-refractivity contribution in [3.8, 4) is 0 Å². The summed E-state index contributed by atoms with van der Waals surface area (Å²) in [7, 11) is -4.04. The van der Waals surface area contributed by atoms with E-state index in [0.29, 0.717) is 16.6 Å². The number of hydrogen-bond acceptors (Lipinski definition) is 6. The number of hydrogen-bond donors (Lipinski definition) is 1. The Balaban J connectivity index is 1.69. The molecule has 0 saturated heterocycles. The van der Waals surface area contributed by atoms with Crippen LogP contribution in [-0.4, -0.2) is 35.9 Å². The number of nitrogens with zero attached hydrogens (tertiary/aromatic N) is 3. The van der Waals surface area contributed by atoms with Gasteiger partial charge >= 0.3 is 5.97 Å². The van der Waals surface area contributed by atoms with Gasteiger partial charge in [-0.25, -0.2) is 22.7 Å². The number of anilines is 2. The van der Waals surface area contributed by atoms with Gasteiger partial charge in [0, 0.05) is 29.4 Å². The molecule has 180 valence electrons. The maximum atomic E-state index is 14.0. The quantitative estimate of drug-likeness (QED) is 0.309. The Morgan fingerprint density at radius 2 is 1.86 bits per heavy atom. The molecule has 0 aliphatic heterocycles. The number of benzene rings is 3. The van der Waals surface area contributed by atoms with E-state index in [-0.39, 0.29) is 23.3 Å². The molecule has 8 nitrogen and oxygen atoms in total. The molecule has 1 N–H and O–H groups in total. The fourth-order valence-electron chi connectivity index (χ4n) is 3.92. The summed E-state index contributed by atoms with van der Waals surface area (Å²) in [5.41, 5.74) is 2.71. The van der Waals surface area contributed by atoms with E-state index >= 15 is 0 Å². The van der Waals surface area contributed by atoms with Gasteiger partial charge < -0.3 is 9.72 Å². The number of ether oxygens (including phenoxy) is 1. The van der Waals surface area contributed by atoms with Gasteiger partial charge in [0.2, 0.25) is 0 Å². The minimum absolute atomic E-state index is 0.136. The molecule has 3 aromatic carbocycles. The zero-order valence-corrected chi connectivity index (χ0v) is 20.1. The third-order valence-electron chi connectivity index (χ3n) is 5.58. The van der Waals surface area contributed by atoms with Crippen LogP contribution in [0.1, 0.15) is 12.5 Å². The smallest absolute Gasteiger partial charge is 0.302 e. The van der Waals surface area contributed by atoms with Crippen LogP contribution in [0.15, 0.2) is 96.3 Å². The Kier molecular flexibility index (Phi) is 6.22. The van der Waals surface area contributed by atoms with Crippen LogP contribution in [0.2, 0.25) is 0 Å². The number of rotatable bonds is 7. The summed E-state index contributed by atoms with van der Waals surface area (Å²) in [5, 5.41) is 1.43. The summed E-state index contributed by atoms with van der Waals surface area (Å²) in [6, 6.07) is 21.0.